The van der Waals surface area contributed by atoms with Crippen molar-refractivity contribution in [2.24, 2.45) is 0 Å². The van der Waals surface area contributed by atoms with Crippen LogP contribution in [-0.2, 0) is 0 Å². The van der Waals surface area contributed by atoms with Gasteiger partial charge in [-0.15, -0.1) is 0 Å². The summed E-state index contributed by atoms with van der Waals surface area (Å²) in [7, 11) is 3.08. The molecule has 1 aromatic heterocycles. The van der Waals surface area contributed by atoms with Crippen LogP contribution in [0.5, 0.6) is 11.5 Å². The third-order valence-corrected chi connectivity index (χ3v) is 4.21. The number of nitrogens with one attached hydrogen (secondary N) is 2. The first kappa shape index (κ1) is 19.4. The molecule has 0 amide bonds. The van der Waals surface area contributed by atoms with E-state index >= 15 is 0 Å². The number of hydrogen-bond acceptors (Lipinski definition) is 7. The second-order valence-electron chi connectivity index (χ2n) is 5.84. The summed E-state index contributed by atoms with van der Waals surface area (Å²) >= 11 is 6.14. The minimum Gasteiger partial charge on any atom is -0.495 e. The molecular formula is C20H19ClN4O3. The highest BCUT2D eigenvalue weighted by atomic mass is 35.5. The molecule has 8 heteroatoms. The van der Waals surface area contributed by atoms with Gasteiger partial charge in [-0.3, -0.25) is 4.79 Å². The van der Waals surface area contributed by atoms with E-state index in [2.05, 4.69) is 20.6 Å². The molecule has 0 aliphatic carbocycles. The van der Waals surface area contributed by atoms with Crippen LogP contribution in [0.1, 0.15) is 17.3 Å². The van der Waals surface area contributed by atoms with Crippen LogP contribution in [-0.4, -0.2) is 30.0 Å². The lowest BCUT2D eigenvalue weighted by Gasteiger charge is -2.13. The molecular weight excluding hydrogens is 380 g/mol. The fraction of sp³-hybridized carbons (Fsp3) is 0.150. The molecule has 0 aliphatic heterocycles. The van der Waals surface area contributed by atoms with E-state index in [1.165, 1.54) is 14.0 Å². The number of anilines is 4. The average Bonchev–Trinajstić information content (AvgIpc) is 2.69. The van der Waals surface area contributed by atoms with E-state index in [9.17, 15) is 4.79 Å². The Kier molecular flexibility index (Phi) is 5.96. The van der Waals surface area contributed by atoms with Crippen molar-refractivity contribution < 1.29 is 14.3 Å². The minimum atomic E-state index is -0.00234. The van der Waals surface area contributed by atoms with Gasteiger partial charge in [0.1, 0.15) is 17.3 Å². The van der Waals surface area contributed by atoms with Gasteiger partial charge in [0.15, 0.2) is 5.78 Å². The number of carbonyl (C=O) groups excluding carboxylic acids is 1. The summed E-state index contributed by atoms with van der Waals surface area (Å²) in [6.45, 7) is 1.53. The maximum Gasteiger partial charge on any atom is 0.229 e. The molecule has 1 heterocycles. The molecule has 0 aliphatic rings. The number of aromatic nitrogens is 2. The Morgan fingerprint density at radius 1 is 1.04 bits per heavy atom. The first-order chi connectivity index (χ1) is 13.5. The van der Waals surface area contributed by atoms with Crippen molar-refractivity contribution in [3.63, 3.8) is 0 Å². The van der Waals surface area contributed by atoms with Crippen LogP contribution >= 0.6 is 11.6 Å². The van der Waals surface area contributed by atoms with Crippen LogP contribution in [0.2, 0.25) is 5.02 Å². The Balaban J connectivity index is 1.84. The number of ketones is 1. The predicted octanol–water partition coefficient (Wildman–Crippen LogP) is 4.84. The van der Waals surface area contributed by atoms with Gasteiger partial charge in [0.2, 0.25) is 5.95 Å². The Morgan fingerprint density at radius 2 is 1.82 bits per heavy atom. The molecule has 3 aromatic rings. The summed E-state index contributed by atoms with van der Waals surface area (Å²) in [5.41, 5.74) is 1.98. The fourth-order valence-corrected chi connectivity index (χ4v) is 2.76. The van der Waals surface area contributed by atoms with Gasteiger partial charge in [0, 0.05) is 29.6 Å². The van der Waals surface area contributed by atoms with Crippen molar-refractivity contribution in [3.8, 4) is 11.5 Å². The van der Waals surface area contributed by atoms with Crippen LogP contribution < -0.4 is 20.1 Å². The lowest BCUT2D eigenvalue weighted by atomic mass is 10.1. The van der Waals surface area contributed by atoms with Crippen LogP contribution in [0.25, 0.3) is 0 Å². The third-order valence-electron chi connectivity index (χ3n) is 3.92. The van der Waals surface area contributed by atoms with Crippen molar-refractivity contribution in [3.05, 3.63) is 59.2 Å². The number of Topliss-reactive ketones (excluding diaryl/α,β-unsaturated/α-hetero) is 1. The topological polar surface area (TPSA) is 85.4 Å². The molecule has 0 unspecified atom stereocenters. The summed E-state index contributed by atoms with van der Waals surface area (Å²) in [5, 5.41) is 6.70. The number of methoxy groups -OCH3 is 2. The summed E-state index contributed by atoms with van der Waals surface area (Å²) in [4.78, 5) is 20.2. The quantitative estimate of drug-likeness (QED) is 0.551. The molecule has 0 radical (unpaired) electrons. The van der Waals surface area contributed by atoms with Gasteiger partial charge in [-0.25, -0.2) is 4.98 Å². The maximum absolute atomic E-state index is 11.5. The number of rotatable bonds is 7. The second-order valence-corrected chi connectivity index (χ2v) is 6.25. The normalized spacial score (nSPS) is 10.3. The van der Waals surface area contributed by atoms with Gasteiger partial charge in [0.25, 0.3) is 0 Å². The highest BCUT2D eigenvalue weighted by Crippen LogP contribution is 2.36. The summed E-state index contributed by atoms with van der Waals surface area (Å²) in [5.74, 6) is 1.95. The smallest absolute Gasteiger partial charge is 0.229 e. The first-order valence-electron chi connectivity index (χ1n) is 8.39. The summed E-state index contributed by atoms with van der Waals surface area (Å²) in [6.07, 6.45) is 1.62. The molecule has 0 fully saturated rings. The molecule has 2 aromatic carbocycles. The van der Waals surface area contributed by atoms with Gasteiger partial charge in [-0.2, -0.15) is 4.98 Å². The number of halogens is 1. The van der Waals surface area contributed by atoms with E-state index in [0.717, 1.165) is 5.69 Å². The summed E-state index contributed by atoms with van der Waals surface area (Å²) in [6, 6.07) is 12.3. The van der Waals surface area contributed by atoms with E-state index in [-0.39, 0.29) is 5.78 Å². The van der Waals surface area contributed by atoms with Crippen molar-refractivity contribution in [2.45, 2.75) is 6.92 Å². The molecule has 144 valence electrons. The monoisotopic (exact) mass is 398 g/mol. The molecule has 2 N–H and O–H groups in total. The van der Waals surface area contributed by atoms with Gasteiger partial charge in [-0.1, -0.05) is 23.7 Å². The number of benzene rings is 2. The third kappa shape index (κ3) is 4.50. The molecule has 0 atom stereocenters. The van der Waals surface area contributed by atoms with Crippen LogP contribution in [0.4, 0.5) is 23.1 Å². The van der Waals surface area contributed by atoms with E-state index in [1.807, 2.05) is 12.1 Å². The zero-order valence-corrected chi connectivity index (χ0v) is 16.4. The van der Waals surface area contributed by atoms with Crippen LogP contribution in [0.3, 0.4) is 0 Å². The largest absolute Gasteiger partial charge is 0.495 e. The molecule has 0 spiro atoms. The molecule has 0 saturated carbocycles. The van der Waals surface area contributed by atoms with Gasteiger partial charge < -0.3 is 20.1 Å². The first-order valence-corrected chi connectivity index (χ1v) is 8.77. The Hall–Kier alpha value is -3.32. The average molecular weight is 399 g/mol. The molecule has 0 saturated heterocycles. The number of carbonyl (C=O) groups is 1. The Labute approximate surface area is 167 Å². The standard InChI is InChI=1S/C20H19ClN4O3/c1-12(26)13-5-4-6-14(9-13)23-19-7-8-22-20(25-19)24-16-11-17(27-2)15(21)10-18(16)28-3/h4-11H,1-3H3,(H2,22,23,24,25). The SMILES string of the molecule is COc1cc(Nc2nccc(Nc3cccc(C(C)=O)c3)n2)c(OC)cc1Cl. The molecule has 28 heavy (non-hydrogen) atoms. The highest BCUT2D eigenvalue weighted by Gasteiger charge is 2.11. The van der Waals surface area contributed by atoms with Crippen LogP contribution in [0.15, 0.2) is 48.7 Å². The van der Waals surface area contributed by atoms with Crippen molar-refractivity contribution in [1.82, 2.24) is 9.97 Å². The van der Waals surface area contributed by atoms with Gasteiger partial charge in [-0.05, 0) is 25.1 Å². The van der Waals surface area contributed by atoms with E-state index in [0.29, 0.717) is 39.5 Å². The molecule has 3 rings (SSSR count). The molecule has 0 bridgehead atoms. The lowest BCUT2D eigenvalue weighted by Crippen LogP contribution is -2.02. The van der Waals surface area contributed by atoms with Crippen molar-refractivity contribution in [2.75, 3.05) is 24.9 Å². The second kappa shape index (κ2) is 8.58. The predicted molar refractivity (Wildman–Crippen MR) is 110 cm³/mol. The van der Waals surface area contributed by atoms with E-state index in [1.54, 1.807) is 43.6 Å². The van der Waals surface area contributed by atoms with E-state index in [4.69, 9.17) is 21.1 Å². The summed E-state index contributed by atoms with van der Waals surface area (Å²) < 4.78 is 10.6. The van der Waals surface area contributed by atoms with E-state index < -0.39 is 0 Å². The lowest BCUT2D eigenvalue weighted by molar-refractivity contribution is 0.101. The number of nitrogens with zero attached hydrogens (tertiary/aromatic N) is 2. The zero-order chi connectivity index (χ0) is 20.1. The van der Waals surface area contributed by atoms with Crippen molar-refractivity contribution in [1.29, 1.82) is 0 Å². The van der Waals surface area contributed by atoms with Gasteiger partial charge >= 0.3 is 0 Å². The number of ether oxygens (including phenoxy) is 2. The fourth-order valence-electron chi connectivity index (χ4n) is 2.53. The molecule has 7 nitrogen and oxygen atoms in total. The van der Waals surface area contributed by atoms with Crippen LogP contribution in [0, 0.1) is 0 Å². The maximum atomic E-state index is 11.5. The highest BCUT2D eigenvalue weighted by molar-refractivity contribution is 6.32. The zero-order valence-electron chi connectivity index (χ0n) is 15.6. The Morgan fingerprint density at radius 3 is 2.54 bits per heavy atom. The van der Waals surface area contributed by atoms with Crippen molar-refractivity contribution >= 4 is 40.5 Å². The number of hydrogen-bond donors (Lipinski definition) is 2. The van der Waals surface area contributed by atoms with Gasteiger partial charge in [0.05, 0.1) is 24.9 Å². The Bertz CT molecular complexity index is 1010. The minimum absolute atomic E-state index is 0.00234.